The summed E-state index contributed by atoms with van der Waals surface area (Å²) in [6, 6.07) is 9.46. The maximum absolute atomic E-state index is 13.1. The number of halogens is 3. The summed E-state index contributed by atoms with van der Waals surface area (Å²) in [4.78, 5) is 25.9. The van der Waals surface area contributed by atoms with E-state index in [4.69, 9.17) is 27.9 Å². The number of nitrogens with one attached hydrogen (secondary N) is 1. The summed E-state index contributed by atoms with van der Waals surface area (Å²) < 4.78 is 19.0. The Hall–Kier alpha value is -2.63. The van der Waals surface area contributed by atoms with Gasteiger partial charge >= 0.3 is 0 Å². The Morgan fingerprint density at radius 1 is 0.879 bits per heavy atom. The average Bonchev–Trinajstić information content (AvgIpc) is 2.79. The van der Waals surface area contributed by atoms with E-state index in [2.05, 4.69) is 5.32 Å². The number of rotatable bonds is 4. The van der Waals surface area contributed by atoms with Crippen LogP contribution in [0.4, 0.5) is 4.39 Å². The van der Waals surface area contributed by atoms with Crippen LogP contribution in [0.5, 0.6) is 5.75 Å². The van der Waals surface area contributed by atoms with Crippen LogP contribution < -0.4 is 10.1 Å². The van der Waals surface area contributed by atoms with Crippen molar-refractivity contribution in [2.75, 3.05) is 0 Å². The third kappa shape index (κ3) is 4.20. The average molecular weight is 486 g/mol. The summed E-state index contributed by atoms with van der Waals surface area (Å²) in [5.74, 6) is -0.366. The van der Waals surface area contributed by atoms with E-state index < -0.39 is 5.92 Å². The molecule has 3 aliphatic rings. The minimum atomic E-state index is -0.474. The fourth-order valence-corrected chi connectivity index (χ4v) is 5.55. The Bertz CT molecular complexity index is 1150. The van der Waals surface area contributed by atoms with Crippen LogP contribution in [-0.4, -0.2) is 11.6 Å². The summed E-state index contributed by atoms with van der Waals surface area (Å²) in [6.45, 7) is 0.175. The fraction of sp³-hybridized carbons (Fsp3) is 0.308. The van der Waals surface area contributed by atoms with Gasteiger partial charge in [0.15, 0.2) is 17.3 Å². The van der Waals surface area contributed by atoms with E-state index in [-0.39, 0.29) is 24.0 Å². The topological polar surface area (TPSA) is 55.4 Å². The summed E-state index contributed by atoms with van der Waals surface area (Å²) in [5.41, 5.74) is 4.62. The minimum absolute atomic E-state index is 0.0579. The van der Waals surface area contributed by atoms with Crippen molar-refractivity contribution in [2.24, 2.45) is 0 Å². The van der Waals surface area contributed by atoms with Crippen molar-refractivity contribution in [1.82, 2.24) is 5.32 Å². The first-order valence-electron chi connectivity index (χ1n) is 11.1. The third-order valence-corrected chi connectivity index (χ3v) is 7.00. The molecule has 0 bridgehead atoms. The molecule has 0 saturated heterocycles. The molecule has 2 aliphatic carbocycles. The van der Waals surface area contributed by atoms with Crippen molar-refractivity contribution in [2.45, 2.75) is 51.0 Å². The molecule has 1 aliphatic heterocycles. The number of dihydropyridines is 1. The zero-order chi connectivity index (χ0) is 23.1. The lowest BCUT2D eigenvalue weighted by Gasteiger charge is -2.37. The molecule has 2 aromatic rings. The SMILES string of the molecule is O=C1CCCC2=C1C(c1cc(Cl)c(OCc3ccc(F)cc3)c(Cl)c1)C1=C(CCCC1=O)N2. The Morgan fingerprint density at radius 3 is 1.97 bits per heavy atom. The number of carbonyl (C=O) groups is 2. The van der Waals surface area contributed by atoms with Crippen LogP contribution in [0.3, 0.4) is 0 Å². The van der Waals surface area contributed by atoms with Gasteiger partial charge in [0.05, 0.1) is 10.0 Å². The number of allylic oxidation sites excluding steroid dienone is 4. The number of hydrogen-bond donors (Lipinski definition) is 1. The van der Waals surface area contributed by atoms with Crippen LogP contribution >= 0.6 is 23.2 Å². The maximum atomic E-state index is 13.1. The van der Waals surface area contributed by atoms with Crippen LogP contribution in [0.25, 0.3) is 0 Å². The molecule has 5 rings (SSSR count). The predicted octanol–water partition coefficient (Wildman–Crippen LogP) is 6.41. The van der Waals surface area contributed by atoms with Crippen molar-refractivity contribution < 1.29 is 18.7 Å². The molecule has 4 nitrogen and oxygen atoms in total. The second-order valence-corrected chi connectivity index (χ2v) is 9.44. The van der Waals surface area contributed by atoms with Crippen molar-refractivity contribution in [3.05, 3.63) is 85.9 Å². The largest absolute Gasteiger partial charge is 0.486 e. The minimum Gasteiger partial charge on any atom is -0.486 e. The van der Waals surface area contributed by atoms with Crippen molar-refractivity contribution in [3.63, 3.8) is 0 Å². The number of ketones is 2. The van der Waals surface area contributed by atoms with Crippen LogP contribution in [0.2, 0.25) is 10.0 Å². The summed E-state index contributed by atoms with van der Waals surface area (Å²) >= 11 is 13.2. The first-order chi connectivity index (χ1) is 15.9. The third-order valence-electron chi connectivity index (χ3n) is 6.44. The molecular formula is C26H22Cl2FNO3. The molecule has 0 amide bonds. The van der Waals surface area contributed by atoms with E-state index in [1.807, 2.05) is 0 Å². The number of ether oxygens (including phenoxy) is 1. The van der Waals surface area contributed by atoms with Gasteiger partial charge in [0.25, 0.3) is 0 Å². The summed E-state index contributed by atoms with van der Waals surface area (Å²) in [7, 11) is 0. The van der Waals surface area contributed by atoms with E-state index in [9.17, 15) is 14.0 Å². The highest BCUT2D eigenvalue weighted by molar-refractivity contribution is 6.37. The van der Waals surface area contributed by atoms with Gasteiger partial charge in [-0.05, 0) is 61.1 Å². The first-order valence-corrected chi connectivity index (χ1v) is 11.8. The van der Waals surface area contributed by atoms with Gasteiger partial charge in [-0.15, -0.1) is 0 Å². The Morgan fingerprint density at radius 2 is 1.42 bits per heavy atom. The van der Waals surface area contributed by atoms with Gasteiger partial charge in [0, 0.05) is 41.3 Å². The highest BCUT2D eigenvalue weighted by atomic mass is 35.5. The Kier molecular flexibility index (Phi) is 6.02. The van der Waals surface area contributed by atoms with Gasteiger partial charge in [-0.25, -0.2) is 4.39 Å². The van der Waals surface area contributed by atoms with Gasteiger partial charge < -0.3 is 10.1 Å². The molecule has 170 valence electrons. The number of benzene rings is 2. The molecule has 0 radical (unpaired) electrons. The van der Waals surface area contributed by atoms with Gasteiger partial charge in [0.2, 0.25) is 0 Å². The van der Waals surface area contributed by atoms with Crippen LogP contribution in [0.15, 0.2) is 58.9 Å². The predicted molar refractivity (Wildman–Crippen MR) is 125 cm³/mol. The highest BCUT2D eigenvalue weighted by Crippen LogP contribution is 2.47. The normalized spacial score (nSPS) is 18.8. The highest BCUT2D eigenvalue weighted by Gasteiger charge is 2.40. The van der Waals surface area contributed by atoms with Crippen molar-refractivity contribution >= 4 is 34.8 Å². The lowest BCUT2D eigenvalue weighted by atomic mass is 9.71. The van der Waals surface area contributed by atoms with E-state index in [0.29, 0.717) is 45.3 Å². The summed E-state index contributed by atoms with van der Waals surface area (Å²) in [6.07, 6.45) is 4.09. The van der Waals surface area contributed by atoms with Crippen LogP contribution in [0.1, 0.15) is 55.6 Å². The number of carbonyl (C=O) groups excluding carboxylic acids is 2. The molecule has 0 saturated carbocycles. The molecule has 0 unspecified atom stereocenters. The summed E-state index contributed by atoms with van der Waals surface area (Å²) in [5, 5.41) is 4.00. The molecule has 0 atom stereocenters. The second kappa shape index (κ2) is 8.96. The van der Waals surface area contributed by atoms with Gasteiger partial charge in [-0.1, -0.05) is 35.3 Å². The van der Waals surface area contributed by atoms with E-state index in [1.54, 1.807) is 24.3 Å². The molecule has 0 aromatic heterocycles. The quantitative estimate of drug-likeness (QED) is 0.543. The maximum Gasteiger partial charge on any atom is 0.161 e. The Balaban J connectivity index is 1.52. The molecule has 0 spiro atoms. The zero-order valence-electron chi connectivity index (χ0n) is 17.8. The van der Waals surface area contributed by atoms with Crippen LogP contribution in [0, 0.1) is 5.82 Å². The molecule has 0 fully saturated rings. The smallest absolute Gasteiger partial charge is 0.161 e. The molecule has 33 heavy (non-hydrogen) atoms. The monoisotopic (exact) mass is 485 g/mol. The number of hydrogen-bond acceptors (Lipinski definition) is 4. The number of Topliss-reactive ketones (excluding diaryl/α,β-unsaturated/α-hetero) is 2. The van der Waals surface area contributed by atoms with E-state index in [1.165, 1.54) is 12.1 Å². The molecule has 1 N–H and O–H groups in total. The van der Waals surface area contributed by atoms with Gasteiger partial charge in [-0.2, -0.15) is 0 Å². The Labute approximate surface area is 201 Å². The van der Waals surface area contributed by atoms with Gasteiger partial charge in [-0.3, -0.25) is 9.59 Å². The second-order valence-electron chi connectivity index (χ2n) is 8.62. The zero-order valence-corrected chi connectivity index (χ0v) is 19.4. The lowest BCUT2D eigenvalue weighted by molar-refractivity contribution is -0.116. The molecule has 1 heterocycles. The molecular weight excluding hydrogens is 464 g/mol. The molecule has 7 heteroatoms. The molecule has 2 aromatic carbocycles. The van der Waals surface area contributed by atoms with Gasteiger partial charge in [0.1, 0.15) is 12.4 Å². The van der Waals surface area contributed by atoms with E-state index in [0.717, 1.165) is 42.6 Å². The first kappa shape index (κ1) is 22.2. The fourth-order valence-electron chi connectivity index (χ4n) is 4.94. The standard InChI is InChI=1S/C26H22Cl2FNO3/c27-17-11-15(12-18(28)26(17)33-13-14-7-9-16(29)10-8-14)23-24-19(3-1-5-21(24)31)30-20-4-2-6-22(32)25(20)23/h7-12,23,30H,1-6,13H2. The van der Waals surface area contributed by atoms with E-state index >= 15 is 0 Å². The van der Waals surface area contributed by atoms with Crippen molar-refractivity contribution in [3.8, 4) is 5.75 Å². The lowest BCUT2D eigenvalue weighted by Crippen LogP contribution is -2.36. The van der Waals surface area contributed by atoms with Crippen molar-refractivity contribution in [1.29, 1.82) is 0 Å². The van der Waals surface area contributed by atoms with Crippen LogP contribution in [-0.2, 0) is 16.2 Å².